The third kappa shape index (κ3) is 3.14. The summed E-state index contributed by atoms with van der Waals surface area (Å²) < 4.78 is 35.5. The van der Waals surface area contributed by atoms with Gasteiger partial charge in [0.1, 0.15) is 18.6 Å². The first kappa shape index (κ1) is 16.9. The first-order valence-corrected chi connectivity index (χ1v) is 8.40. The minimum absolute atomic E-state index is 0.125. The van der Waals surface area contributed by atoms with Crippen LogP contribution in [0.4, 0.5) is 8.78 Å². The van der Waals surface area contributed by atoms with Crippen LogP contribution in [0, 0.1) is 29.6 Å². The molecule has 4 aliphatic carbocycles. The molecule has 4 saturated carbocycles. The molecule has 128 valence electrons. The van der Waals surface area contributed by atoms with E-state index in [0.29, 0.717) is 17.8 Å². The van der Waals surface area contributed by atoms with Crippen molar-refractivity contribution >= 4 is 12.0 Å². The predicted molar refractivity (Wildman–Crippen MR) is 72.1 cm³/mol. The molecule has 0 radical (unpaired) electrons. The molecule has 22 heavy (non-hydrogen) atoms. The average molecular weight is 339 g/mol. The van der Waals surface area contributed by atoms with E-state index in [-0.39, 0.29) is 30.5 Å². The Morgan fingerprint density at radius 2 is 2.09 bits per heavy atom. The second-order valence-electron chi connectivity index (χ2n) is 7.13. The van der Waals surface area contributed by atoms with Crippen molar-refractivity contribution in [1.29, 1.82) is 0 Å². The van der Waals surface area contributed by atoms with E-state index in [2.05, 4.69) is 9.37 Å². The van der Waals surface area contributed by atoms with Gasteiger partial charge in [-0.25, -0.2) is 0 Å². The highest BCUT2D eigenvalue weighted by atomic mass is 32.2. The Balaban J connectivity index is 1.55. The number of ether oxygens (including phenoxy) is 1. The molecule has 0 aromatic rings. The lowest BCUT2D eigenvalue weighted by atomic mass is 9.46. The molecule has 8 heteroatoms. The molecule has 0 aromatic carbocycles. The van der Waals surface area contributed by atoms with Gasteiger partial charge >= 0.3 is 5.25 Å². The molecule has 6 atom stereocenters. The second-order valence-corrected chi connectivity index (χ2v) is 8.03. The van der Waals surface area contributed by atoms with Crippen LogP contribution in [0.2, 0.25) is 0 Å². The van der Waals surface area contributed by atoms with Crippen LogP contribution in [0.15, 0.2) is 0 Å². The fourth-order valence-corrected chi connectivity index (χ4v) is 5.25. The van der Waals surface area contributed by atoms with Gasteiger partial charge in [-0.05, 0) is 62.2 Å². The summed E-state index contributed by atoms with van der Waals surface area (Å²) in [5.41, 5.74) is -0.710. The lowest BCUT2D eigenvalue weighted by Gasteiger charge is -2.61. The van der Waals surface area contributed by atoms with Gasteiger partial charge in [0.25, 0.3) is 0 Å². The SMILES string of the molecule is CC1(O)C2CC3CC(C2)C(COCC(F)(F)SOO[O-])C1C3. The van der Waals surface area contributed by atoms with Crippen molar-refractivity contribution < 1.29 is 33.3 Å². The third-order valence-electron chi connectivity index (χ3n) is 5.89. The van der Waals surface area contributed by atoms with Crippen molar-refractivity contribution in [3.8, 4) is 0 Å². The van der Waals surface area contributed by atoms with Crippen LogP contribution in [-0.4, -0.2) is 29.2 Å². The van der Waals surface area contributed by atoms with Gasteiger partial charge in [-0.3, -0.25) is 5.04 Å². The molecule has 4 rings (SSSR count). The standard InChI is InChI=1S/C14H22F2O5S/c1-13(17)10-3-8-2-9(5-10)11(12(13)4-8)6-19-7-14(15,16)22-21-20-18/h8-12,17-18H,2-7H2,1H3/p-1. The molecule has 4 bridgehead atoms. The van der Waals surface area contributed by atoms with Crippen molar-refractivity contribution in [2.24, 2.45) is 29.6 Å². The lowest BCUT2D eigenvalue weighted by Crippen LogP contribution is -2.61. The Kier molecular flexibility index (Phi) is 4.70. The van der Waals surface area contributed by atoms with Gasteiger partial charge in [0, 0.05) is 0 Å². The highest BCUT2D eigenvalue weighted by molar-refractivity contribution is 7.95. The molecule has 0 spiro atoms. The van der Waals surface area contributed by atoms with Gasteiger partial charge < -0.3 is 15.1 Å². The van der Waals surface area contributed by atoms with Crippen LogP contribution in [0.5, 0.6) is 0 Å². The summed E-state index contributed by atoms with van der Waals surface area (Å²) in [6.45, 7) is 1.25. The Morgan fingerprint density at radius 3 is 2.82 bits per heavy atom. The van der Waals surface area contributed by atoms with Gasteiger partial charge in [0.15, 0.2) is 0 Å². The summed E-state index contributed by atoms with van der Waals surface area (Å²) in [6.07, 6.45) is 4.14. The number of aliphatic hydroxyl groups is 1. The van der Waals surface area contributed by atoms with Crippen LogP contribution < -0.4 is 5.26 Å². The molecule has 0 aromatic heterocycles. The van der Waals surface area contributed by atoms with E-state index in [4.69, 9.17) is 4.74 Å². The number of hydrogen-bond acceptors (Lipinski definition) is 6. The average Bonchev–Trinajstić information content (AvgIpc) is 2.45. The fourth-order valence-electron chi connectivity index (χ4n) is 4.99. The minimum atomic E-state index is -3.33. The zero-order chi connectivity index (χ0) is 16.0. The van der Waals surface area contributed by atoms with Crippen LogP contribution in [0.25, 0.3) is 0 Å². The van der Waals surface area contributed by atoms with Crippen molar-refractivity contribution in [3.05, 3.63) is 0 Å². The van der Waals surface area contributed by atoms with Gasteiger partial charge in [0.2, 0.25) is 0 Å². The summed E-state index contributed by atoms with van der Waals surface area (Å²) in [5, 5.41) is 19.9. The van der Waals surface area contributed by atoms with E-state index < -0.39 is 17.5 Å². The Morgan fingerprint density at radius 1 is 1.32 bits per heavy atom. The highest BCUT2D eigenvalue weighted by Crippen LogP contribution is 2.60. The zero-order valence-corrected chi connectivity index (χ0v) is 13.2. The monoisotopic (exact) mass is 339 g/mol. The van der Waals surface area contributed by atoms with Gasteiger partial charge in [0.05, 0.1) is 12.2 Å². The van der Waals surface area contributed by atoms with Gasteiger partial charge in [-0.2, -0.15) is 13.1 Å². The number of rotatable bonds is 7. The molecule has 6 unspecified atom stereocenters. The van der Waals surface area contributed by atoms with Crippen molar-refractivity contribution in [1.82, 2.24) is 0 Å². The molecular formula is C14H21F2O5S-. The van der Waals surface area contributed by atoms with E-state index in [0.717, 1.165) is 25.7 Å². The molecule has 1 N–H and O–H groups in total. The van der Waals surface area contributed by atoms with E-state index in [1.807, 2.05) is 6.92 Å². The van der Waals surface area contributed by atoms with Crippen LogP contribution in [0.1, 0.15) is 32.6 Å². The highest BCUT2D eigenvalue weighted by Gasteiger charge is 2.58. The Labute approximate surface area is 132 Å². The van der Waals surface area contributed by atoms with Crippen molar-refractivity contribution in [2.45, 2.75) is 43.5 Å². The number of halogens is 2. The third-order valence-corrected chi connectivity index (χ3v) is 6.38. The molecule has 0 aliphatic heterocycles. The summed E-state index contributed by atoms with van der Waals surface area (Å²) in [6, 6.07) is 0. The van der Waals surface area contributed by atoms with E-state index >= 15 is 0 Å². The Hall–Kier alpha value is 0.01000. The fraction of sp³-hybridized carbons (Fsp3) is 1.00. The molecule has 4 fully saturated rings. The summed E-state index contributed by atoms with van der Waals surface area (Å²) in [4.78, 5) is 0. The predicted octanol–water partition coefficient (Wildman–Crippen LogP) is 1.90. The minimum Gasteiger partial charge on any atom is -0.691 e. The summed E-state index contributed by atoms with van der Waals surface area (Å²) in [7, 11) is 0. The summed E-state index contributed by atoms with van der Waals surface area (Å²) in [5.74, 6) is 1.73. The van der Waals surface area contributed by atoms with Crippen molar-refractivity contribution in [2.75, 3.05) is 13.2 Å². The quantitative estimate of drug-likeness (QED) is 0.434. The zero-order valence-electron chi connectivity index (χ0n) is 12.4. The maximum absolute atomic E-state index is 13.3. The molecule has 5 nitrogen and oxygen atoms in total. The van der Waals surface area contributed by atoms with Crippen molar-refractivity contribution in [3.63, 3.8) is 0 Å². The normalized spacial score (nSPS) is 43.8. The van der Waals surface area contributed by atoms with E-state index in [1.54, 1.807) is 0 Å². The number of alkyl halides is 2. The first-order chi connectivity index (χ1) is 10.3. The maximum atomic E-state index is 13.3. The Bertz CT molecular complexity index is 409. The smallest absolute Gasteiger partial charge is 0.343 e. The molecule has 0 amide bonds. The maximum Gasteiger partial charge on any atom is 0.343 e. The van der Waals surface area contributed by atoms with Gasteiger partial charge in [-0.15, -0.1) is 0 Å². The number of hydrogen-bond donors (Lipinski definition) is 1. The van der Waals surface area contributed by atoms with Gasteiger partial charge in [-0.1, -0.05) is 0 Å². The lowest BCUT2D eigenvalue weighted by molar-refractivity contribution is -0.777. The van der Waals surface area contributed by atoms with E-state index in [9.17, 15) is 19.1 Å². The molecule has 0 heterocycles. The summed E-state index contributed by atoms with van der Waals surface area (Å²) >= 11 is -0.349. The molecular weight excluding hydrogens is 318 g/mol. The van der Waals surface area contributed by atoms with Crippen LogP contribution in [0.3, 0.4) is 0 Å². The largest absolute Gasteiger partial charge is 0.691 e. The second kappa shape index (κ2) is 6.14. The molecule has 4 aliphatic rings. The van der Waals surface area contributed by atoms with E-state index in [1.165, 1.54) is 0 Å². The van der Waals surface area contributed by atoms with Crippen LogP contribution >= 0.6 is 12.0 Å². The molecule has 0 saturated heterocycles. The first-order valence-electron chi connectivity index (χ1n) is 7.65. The topological polar surface area (TPSA) is 71.0 Å². The van der Waals surface area contributed by atoms with Crippen LogP contribution in [-0.2, 0) is 14.1 Å².